The summed E-state index contributed by atoms with van der Waals surface area (Å²) in [6.07, 6.45) is 0. The minimum absolute atomic E-state index is 0.142. The van der Waals surface area contributed by atoms with Crippen LogP contribution in [-0.4, -0.2) is 20.6 Å². The zero-order valence-corrected chi connectivity index (χ0v) is 13.8. The summed E-state index contributed by atoms with van der Waals surface area (Å²) in [6, 6.07) is 6.31. The molecule has 0 saturated heterocycles. The molecule has 3 aromatic rings. The van der Waals surface area contributed by atoms with Gasteiger partial charge in [-0.1, -0.05) is 25.2 Å². The Bertz CT molecular complexity index is 947. The number of nitrogens with zero attached hydrogens (tertiary/aromatic N) is 3. The first kappa shape index (κ1) is 16.3. The lowest BCUT2D eigenvalue weighted by molar-refractivity contribution is 0.0467. The van der Waals surface area contributed by atoms with Crippen molar-refractivity contribution in [2.45, 2.75) is 26.4 Å². The summed E-state index contributed by atoms with van der Waals surface area (Å²) in [7, 11) is 0. The molecule has 0 aliphatic rings. The third-order valence-corrected chi connectivity index (χ3v) is 4.45. The van der Waals surface area contributed by atoms with Crippen LogP contribution in [-0.2, 0) is 11.3 Å². The standard InChI is InChI=1S/C16H14FN3O3S/c1-9(2)14-19-20-13(21)7-12(18-16(20)24-14)8-23-15(22)10-3-5-11(17)6-4-10/h3-7,9H,8H2,1-2H3. The maximum Gasteiger partial charge on any atom is 0.338 e. The second-order valence-electron chi connectivity index (χ2n) is 5.46. The fourth-order valence-corrected chi connectivity index (χ4v) is 2.91. The van der Waals surface area contributed by atoms with Crippen LogP contribution in [0.3, 0.4) is 0 Å². The van der Waals surface area contributed by atoms with Crippen LogP contribution in [0.1, 0.15) is 40.8 Å². The monoisotopic (exact) mass is 347 g/mol. The topological polar surface area (TPSA) is 73.6 Å². The van der Waals surface area contributed by atoms with Crippen molar-refractivity contribution >= 4 is 22.3 Å². The number of aromatic nitrogens is 3. The first-order valence-electron chi connectivity index (χ1n) is 7.26. The summed E-state index contributed by atoms with van der Waals surface area (Å²) in [5.41, 5.74) is 0.250. The van der Waals surface area contributed by atoms with E-state index in [-0.39, 0.29) is 23.6 Å². The van der Waals surface area contributed by atoms with Crippen LogP contribution in [0.25, 0.3) is 4.96 Å². The van der Waals surface area contributed by atoms with Gasteiger partial charge in [-0.15, -0.1) is 0 Å². The second kappa shape index (κ2) is 6.48. The first-order chi connectivity index (χ1) is 11.4. The van der Waals surface area contributed by atoms with Gasteiger partial charge in [-0.25, -0.2) is 14.2 Å². The third kappa shape index (κ3) is 3.33. The Kier molecular flexibility index (Phi) is 4.39. The van der Waals surface area contributed by atoms with E-state index in [1.807, 2.05) is 13.8 Å². The highest BCUT2D eigenvalue weighted by molar-refractivity contribution is 7.16. The van der Waals surface area contributed by atoms with Crippen molar-refractivity contribution in [2.24, 2.45) is 0 Å². The number of hydrogen-bond donors (Lipinski definition) is 0. The largest absolute Gasteiger partial charge is 0.456 e. The van der Waals surface area contributed by atoms with Crippen LogP contribution in [0, 0.1) is 5.82 Å². The van der Waals surface area contributed by atoms with Crippen molar-refractivity contribution in [3.8, 4) is 0 Å². The number of carbonyl (C=O) groups excluding carboxylic acids is 1. The highest BCUT2D eigenvalue weighted by Gasteiger charge is 2.13. The highest BCUT2D eigenvalue weighted by Crippen LogP contribution is 2.20. The van der Waals surface area contributed by atoms with E-state index in [9.17, 15) is 14.0 Å². The molecular formula is C16H14FN3O3S. The fourth-order valence-electron chi connectivity index (χ4n) is 1.99. The predicted octanol–water partition coefficient (Wildman–Crippen LogP) is 2.77. The zero-order chi connectivity index (χ0) is 17.3. The van der Waals surface area contributed by atoms with Crippen molar-refractivity contribution in [1.82, 2.24) is 14.6 Å². The summed E-state index contributed by atoms with van der Waals surface area (Å²) >= 11 is 1.32. The van der Waals surface area contributed by atoms with Gasteiger partial charge in [-0.3, -0.25) is 4.79 Å². The van der Waals surface area contributed by atoms with Crippen molar-refractivity contribution < 1.29 is 13.9 Å². The number of hydrogen-bond acceptors (Lipinski definition) is 6. The molecule has 0 radical (unpaired) electrons. The molecule has 2 heterocycles. The van der Waals surface area contributed by atoms with Gasteiger partial charge in [0.2, 0.25) is 4.96 Å². The molecule has 0 unspecified atom stereocenters. The van der Waals surface area contributed by atoms with Gasteiger partial charge >= 0.3 is 5.97 Å². The molecular weight excluding hydrogens is 333 g/mol. The molecule has 3 rings (SSSR count). The molecule has 0 atom stereocenters. The Morgan fingerprint density at radius 1 is 1.33 bits per heavy atom. The molecule has 0 bridgehead atoms. The average molecular weight is 347 g/mol. The molecule has 0 saturated carbocycles. The molecule has 0 aliphatic carbocycles. The number of fused-ring (bicyclic) bond motifs is 1. The summed E-state index contributed by atoms with van der Waals surface area (Å²) < 4.78 is 19.2. The van der Waals surface area contributed by atoms with Gasteiger partial charge < -0.3 is 4.74 Å². The van der Waals surface area contributed by atoms with Crippen molar-refractivity contribution in [2.75, 3.05) is 0 Å². The average Bonchev–Trinajstić information content (AvgIpc) is 2.98. The Labute approximate surface area is 140 Å². The number of ether oxygens (including phenoxy) is 1. The maximum absolute atomic E-state index is 12.8. The molecule has 2 aromatic heterocycles. The van der Waals surface area contributed by atoms with Gasteiger partial charge in [0.15, 0.2) is 0 Å². The van der Waals surface area contributed by atoms with Crippen LogP contribution in [0.5, 0.6) is 0 Å². The molecule has 6 nitrogen and oxygen atoms in total. The summed E-state index contributed by atoms with van der Waals surface area (Å²) in [5, 5.41) is 5.03. The van der Waals surface area contributed by atoms with Crippen LogP contribution in [0.2, 0.25) is 0 Å². The minimum atomic E-state index is -0.607. The minimum Gasteiger partial charge on any atom is -0.456 e. The SMILES string of the molecule is CC(C)c1nn2c(=O)cc(COC(=O)c3ccc(F)cc3)nc2s1. The van der Waals surface area contributed by atoms with E-state index >= 15 is 0 Å². The van der Waals surface area contributed by atoms with E-state index in [4.69, 9.17) is 4.74 Å². The number of esters is 1. The van der Waals surface area contributed by atoms with Crippen LogP contribution in [0.4, 0.5) is 4.39 Å². The number of benzene rings is 1. The van der Waals surface area contributed by atoms with E-state index < -0.39 is 11.8 Å². The molecule has 0 spiro atoms. The Morgan fingerprint density at radius 2 is 2.04 bits per heavy atom. The van der Waals surface area contributed by atoms with E-state index in [0.29, 0.717) is 10.7 Å². The lowest BCUT2D eigenvalue weighted by Gasteiger charge is -2.04. The Balaban J connectivity index is 1.79. The molecule has 1 aromatic carbocycles. The quantitative estimate of drug-likeness (QED) is 0.679. The predicted molar refractivity (Wildman–Crippen MR) is 86.7 cm³/mol. The summed E-state index contributed by atoms with van der Waals surface area (Å²) in [4.78, 5) is 28.7. The molecule has 24 heavy (non-hydrogen) atoms. The van der Waals surface area contributed by atoms with Crippen molar-refractivity contribution in [3.63, 3.8) is 0 Å². The maximum atomic E-state index is 12.8. The first-order valence-corrected chi connectivity index (χ1v) is 8.08. The number of halogens is 1. The smallest absolute Gasteiger partial charge is 0.338 e. The van der Waals surface area contributed by atoms with E-state index in [1.165, 1.54) is 46.2 Å². The third-order valence-electron chi connectivity index (χ3n) is 3.24. The van der Waals surface area contributed by atoms with Gasteiger partial charge in [0.1, 0.15) is 17.4 Å². The molecule has 0 fully saturated rings. The van der Waals surface area contributed by atoms with Crippen LogP contribution >= 0.6 is 11.3 Å². The lowest BCUT2D eigenvalue weighted by Crippen LogP contribution is -2.16. The van der Waals surface area contributed by atoms with Gasteiger partial charge in [0.25, 0.3) is 5.56 Å². The molecule has 0 N–H and O–H groups in total. The van der Waals surface area contributed by atoms with Gasteiger partial charge in [-0.2, -0.15) is 9.61 Å². The summed E-state index contributed by atoms with van der Waals surface area (Å²) in [6.45, 7) is 3.82. The molecule has 124 valence electrons. The second-order valence-corrected chi connectivity index (χ2v) is 6.45. The zero-order valence-electron chi connectivity index (χ0n) is 13.0. The van der Waals surface area contributed by atoms with E-state index in [1.54, 1.807) is 0 Å². The highest BCUT2D eigenvalue weighted by atomic mass is 32.1. The van der Waals surface area contributed by atoms with Crippen molar-refractivity contribution in [1.29, 1.82) is 0 Å². The van der Waals surface area contributed by atoms with Crippen LogP contribution in [0.15, 0.2) is 35.1 Å². The van der Waals surface area contributed by atoms with E-state index in [2.05, 4.69) is 10.1 Å². The van der Waals surface area contributed by atoms with Gasteiger partial charge in [0, 0.05) is 12.0 Å². The molecule has 8 heteroatoms. The summed E-state index contributed by atoms with van der Waals surface area (Å²) in [5.74, 6) is -0.849. The Morgan fingerprint density at radius 3 is 2.71 bits per heavy atom. The van der Waals surface area contributed by atoms with Crippen molar-refractivity contribution in [3.05, 3.63) is 62.8 Å². The Hall–Kier alpha value is -2.61. The number of rotatable bonds is 4. The number of carbonyl (C=O) groups is 1. The lowest BCUT2D eigenvalue weighted by atomic mass is 10.2. The fraction of sp³-hybridized carbons (Fsp3) is 0.250. The van der Waals surface area contributed by atoms with Gasteiger partial charge in [-0.05, 0) is 24.3 Å². The van der Waals surface area contributed by atoms with Gasteiger partial charge in [0.05, 0.1) is 11.3 Å². The molecule has 0 amide bonds. The van der Waals surface area contributed by atoms with Crippen LogP contribution < -0.4 is 5.56 Å². The molecule has 0 aliphatic heterocycles. The van der Waals surface area contributed by atoms with E-state index in [0.717, 1.165) is 5.01 Å². The normalized spacial score (nSPS) is 11.2.